The third-order valence-corrected chi connectivity index (χ3v) is 5.20. The predicted molar refractivity (Wildman–Crippen MR) is 85.6 cm³/mol. The molecule has 0 radical (unpaired) electrons. The van der Waals surface area contributed by atoms with Crippen LogP contribution in [0.5, 0.6) is 0 Å². The van der Waals surface area contributed by atoms with Crippen LogP contribution in [0.3, 0.4) is 0 Å². The maximum absolute atomic E-state index is 5.57. The molecule has 0 atom stereocenters. The number of thiophene rings is 1. The molecule has 0 amide bonds. The van der Waals surface area contributed by atoms with E-state index in [1.807, 2.05) is 11.8 Å². The molecule has 6 heteroatoms. The summed E-state index contributed by atoms with van der Waals surface area (Å²) >= 11 is 3.59. The lowest BCUT2D eigenvalue weighted by molar-refractivity contribution is 0.750. The van der Waals surface area contributed by atoms with Gasteiger partial charge in [0.05, 0.1) is 11.1 Å². The fourth-order valence-corrected chi connectivity index (χ4v) is 3.64. The quantitative estimate of drug-likeness (QED) is 0.631. The van der Waals surface area contributed by atoms with Crippen molar-refractivity contribution in [3.05, 3.63) is 16.8 Å². The Hall–Kier alpha value is -0.850. The number of rotatable bonds is 6. The van der Waals surface area contributed by atoms with E-state index in [-0.39, 0.29) is 0 Å². The molecule has 2 aromatic heterocycles. The second-order valence-corrected chi connectivity index (χ2v) is 6.97. The van der Waals surface area contributed by atoms with E-state index in [0.29, 0.717) is 5.92 Å². The van der Waals surface area contributed by atoms with Gasteiger partial charge in [0.15, 0.2) is 5.82 Å². The summed E-state index contributed by atoms with van der Waals surface area (Å²) in [5.41, 5.74) is 2.69. The van der Waals surface area contributed by atoms with Crippen molar-refractivity contribution in [2.24, 2.45) is 11.8 Å². The van der Waals surface area contributed by atoms with E-state index in [4.69, 9.17) is 5.84 Å². The van der Waals surface area contributed by atoms with Gasteiger partial charge in [0, 0.05) is 4.88 Å². The van der Waals surface area contributed by atoms with Gasteiger partial charge in [0.2, 0.25) is 0 Å². The van der Waals surface area contributed by atoms with Crippen LogP contribution >= 0.6 is 23.1 Å². The first-order chi connectivity index (χ1) is 9.13. The molecule has 0 saturated heterocycles. The molecule has 0 aliphatic rings. The first-order valence-corrected chi connectivity index (χ1v) is 8.44. The average molecular weight is 296 g/mol. The number of thioether (sulfide) groups is 1. The van der Waals surface area contributed by atoms with Gasteiger partial charge in [-0.3, -0.25) is 0 Å². The summed E-state index contributed by atoms with van der Waals surface area (Å²) in [4.78, 5) is 11.5. The Morgan fingerprint density at radius 2 is 2.21 bits per heavy atom. The van der Waals surface area contributed by atoms with Crippen LogP contribution in [-0.4, -0.2) is 15.7 Å². The van der Waals surface area contributed by atoms with Crippen molar-refractivity contribution >= 4 is 39.1 Å². The van der Waals surface area contributed by atoms with E-state index in [1.54, 1.807) is 11.3 Å². The Kier molecular flexibility index (Phi) is 5.01. The zero-order valence-electron chi connectivity index (χ0n) is 11.6. The SMILES string of the molecule is CCc1cc2c(NN)nc(CSCC(C)C)nc2s1. The number of nitrogens with one attached hydrogen (secondary N) is 1. The van der Waals surface area contributed by atoms with Crippen LogP contribution in [0.2, 0.25) is 0 Å². The standard InChI is InChI=1S/C13H20N4S2/c1-4-9-5-10-12(17-14)15-11(16-13(10)19-9)7-18-6-8(2)3/h5,8H,4,6-7,14H2,1-3H3,(H,15,16,17). The van der Waals surface area contributed by atoms with Gasteiger partial charge in [0.1, 0.15) is 10.7 Å². The van der Waals surface area contributed by atoms with Gasteiger partial charge in [-0.1, -0.05) is 20.8 Å². The normalized spacial score (nSPS) is 11.4. The molecule has 3 N–H and O–H groups in total. The minimum absolute atomic E-state index is 0.689. The van der Waals surface area contributed by atoms with E-state index >= 15 is 0 Å². The van der Waals surface area contributed by atoms with Crippen LogP contribution in [-0.2, 0) is 12.2 Å². The van der Waals surface area contributed by atoms with Crippen LogP contribution in [0.1, 0.15) is 31.5 Å². The number of fused-ring (bicyclic) bond motifs is 1. The summed E-state index contributed by atoms with van der Waals surface area (Å²) in [5, 5.41) is 1.03. The summed E-state index contributed by atoms with van der Waals surface area (Å²) in [6, 6.07) is 2.13. The molecular weight excluding hydrogens is 276 g/mol. The maximum Gasteiger partial charge on any atom is 0.152 e. The van der Waals surface area contributed by atoms with Crippen molar-refractivity contribution in [3.63, 3.8) is 0 Å². The van der Waals surface area contributed by atoms with Crippen molar-refractivity contribution in [3.8, 4) is 0 Å². The van der Waals surface area contributed by atoms with Crippen LogP contribution in [0.15, 0.2) is 6.07 Å². The summed E-state index contributed by atoms with van der Waals surface area (Å²) < 4.78 is 0. The van der Waals surface area contributed by atoms with Crippen LogP contribution in [0.25, 0.3) is 10.2 Å². The molecule has 0 aliphatic carbocycles. The number of hydrogen-bond donors (Lipinski definition) is 2. The number of nitrogens with two attached hydrogens (primary N) is 1. The number of aryl methyl sites for hydroxylation is 1. The first-order valence-electron chi connectivity index (χ1n) is 6.47. The van der Waals surface area contributed by atoms with Crippen molar-refractivity contribution in [1.29, 1.82) is 0 Å². The van der Waals surface area contributed by atoms with Gasteiger partial charge in [-0.2, -0.15) is 11.8 Å². The van der Waals surface area contributed by atoms with E-state index in [1.165, 1.54) is 4.88 Å². The summed E-state index contributed by atoms with van der Waals surface area (Å²) in [6.07, 6.45) is 1.02. The average Bonchev–Trinajstić information content (AvgIpc) is 2.80. The highest BCUT2D eigenvalue weighted by atomic mass is 32.2. The Morgan fingerprint density at radius 3 is 2.84 bits per heavy atom. The lowest BCUT2D eigenvalue weighted by atomic mass is 10.3. The van der Waals surface area contributed by atoms with Crippen molar-refractivity contribution in [1.82, 2.24) is 9.97 Å². The molecular formula is C13H20N4S2. The minimum Gasteiger partial charge on any atom is -0.308 e. The maximum atomic E-state index is 5.57. The number of anilines is 1. The lowest BCUT2D eigenvalue weighted by Crippen LogP contribution is -2.10. The molecule has 0 fully saturated rings. The molecule has 2 aromatic rings. The topological polar surface area (TPSA) is 63.8 Å². The highest BCUT2D eigenvalue weighted by molar-refractivity contribution is 7.98. The molecule has 2 heterocycles. The first kappa shape index (κ1) is 14.6. The predicted octanol–water partition coefficient (Wildman–Crippen LogP) is 3.43. The van der Waals surface area contributed by atoms with Gasteiger partial charge < -0.3 is 5.43 Å². The van der Waals surface area contributed by atoms with Crippen LogP contribution in [0.4, 0.5) is 5.82 Å². The number of nitrogen functional groups attached to an aromatic ring is 1. The smallest absolute Gasteiger partial charge is 0.152 e. The Morgan fingerprint density at radius 1 is 1.42 bits per heavy atom. The Balaban J connectivity index is 2.25. The lowest BCUT2D eigenvalue weighted by Gasteiger charge is -2.06. The largest absolute Gasteiger partial charge is 0.308 e. The van der Waals surface area contributed by atoms with Crippen LogP contribution in [0, 0.1) is 5.92 Å². The van der Waals surface area contributed by atoms with Crippen molar-refractivity contribution in [2.45, 2.75) is 32.9 Å². The third-order valence-electron chi connectivity index (χ3n) is 2.66. The van der Waals surface area contributed by atoms with Crippen LogP contribution < -0.4 is 11.3 Å². The minimum atomic E-state index is 0.689. The molecule has 104 valence electrons. The summed E-state index contributed by atoms with van der Waals surface area (Å²) in [6.45, 7) is 6.58. The molecule has 0 aliphatic heterocycles. The van der Waals surface area contributed by atoms with Gasteiger partial charge in [-0.25, -0.2) is 15.8 Å². The van der Waals surface area contributed by atoms with Crippen molar-refractivity contribution in [2.75, 3.05) is 11.2 Å². The molecule has 0 unspecified atom stereocenters. The highest BCUT2D eigenvalue weighted by Gasteiger charge is 2.10. The fraction of sp³-hybridized carbons (Fsp3) is 0.538. The molecule has 2 rings (SSSR count). The molecule has 0 saturated carbocycles. The number of nitrogens with zero attached hydrogens (tertiary/aromatic N) is 2. The molecule has 0 bridgehead atoms. The Bertz CT molecular complexity index is 551. The molecule has 19 heavy (non-hydrogen) atoms. The molecule has 4 nitrogen and oxygen atoms in total. The van der Waals surface area contributed by atoms with E-state index in [9.17, 15) is 0 Å². The molecule has 0 aromatic carbocycles. The van der Waals surface area contributed by atoms with Gasteiger partial charge in [-0.15, -0.1) is 11.3 Å². The number of hydrazine groups is 1. The highest BCUT2D eigenvalue weighted by Crippen LogP contribution is 2.29. The zero-order chi connectivity index (χ0) is 13.8. The van der Waals surface area contributed by atoms with E-state index in [0.717, 1.165) is 39.8 Å². The summed E-state index contributed by atoms with van der Waals surface area (Å²) in [5.74, 6) is 9.81. The van der Waals surface area contributed by atoms with E-state index in [2.05, 4.69) is 42.2 Å². The molecule has 0 spiro atoms. The second kappa shape index (κ2) is 6.54. The third kappa shape index (κ3) is 3.58. The van der Waals surface area contributed by atoms with Gasteiger partial charge >= 0.3 is 0 Å². The fourth-order valence-electron chi connectivity index (χ4n) is 1.75. The zero-order valence-corrected chi connectivity index (χ0v) is 13.2. The van der Waals surface area contributed by atoms with E-state index < -0.39 is 0 Å². The Labute approximate surface area is 122 Å². The van der Waals surface area contributed by atoms with Crippen molar-refractivity contribution < 1.29 is 0 Å². The summed E-state index contributed by atoms with van der Waals surface area (Å²) in [7, 11) is 0. The van der Waals surface area contributed by atoms with Gasteiger partial charge in [-0.05, 0) is 24.2 Å². The number of aromatic nitrogens is 2. The number of hydrogen-bond acceptors (Lipinski definition) is 6. The van der Waals surface area contributed by atoms with Gasteiger partial charge in [0.25, 0.3) is 0 Å². The second-order valence-electron chi connectivity index (χ2n) is 4.83. The monoisotopic (exact) mass is 296 g/mol.